The van der Waals surface area contributed by atoms with Gasteiger partial charge in [0.05, 0.1) is 25.4 Å². The molecule has 0 aromatic rings. The number of nitrogens with one attached hydrogen (secondary N) is 1. The minimum atomic E-state index is -5.06. The molecule has 0 unspecified atom stereocenters. The lowest BCUT2D eigenvalue weighted by atomic mass is 9.98. The zero-order valence-electron chi connectivity index (χ0n) is 40.7. The largest absolute Gasteiger partial charge is 0.397 e. The lowest BCUT2D eigenvalue weighted by molar-refractivity contribution is -0.299. The second-order valence-corrected chi connectivity index (χ2v) is 20.0. The van der Waals surface area contributed by atoms with Crippen molar-refractivity contribution in [2.45, 2.75) is 300 Å². The Hall–Kier alpha value is -0.940. The highest BCUT2D eigenvalue weighted by Gasteiger charge is 2.48. The number of aliphatic hydroxyl groups is 5. The van der Waals surface area contributed by atoms with Crippen molar-refractivity contribution in [3.63, 3.8) is 0 Å². The van der Waals surface area contributed by atoms with Gasteiger partial charge in [0.15, 0.2) is 6.29 Å². The second-order valence-electron chi connectivity index (χ2n) is 19.0. The number of ether oxygens (including phenoxy) is 2. The summed E-state index contributed by atoms with van der Waals surface area (Å²) in [6.45, 7) is 3.22. The molecule has 1 aliphatic heterocycles. The summed E-state index contributed by atoms with van der Waals surface area (Å²) in [5.41, 5.74) is 0. The molecule has 0 aromatic heterocycles. The standard InChI is InChI=1S/C50H99NO12S/c1-3-5-7-9-11-13-15-17-18-19-20-21-22-23-24-25-26-27-29-31-33-35-37-39-45(54)51-42(41-61-50-48(57)47(56)49(44(40-52)62-50)63-64(58,59)60)46(55)43(53)38-36-34-32-30-28-16-14-12-10-8-6-4-2/h42-44,46-50,52-53,55-57H,3-41H2,1-2H3,(H,51,54)(H,58,59,60)/t42-,43+,44+,46-,47+,48+,49-,50-/m0/s1. The number of hydrogen-bond donors (Lipinski definition) is 7. The zero-order chi connectivity index (χ0) is 47.1. The Morgan fingerprint density at radius 1 is 0.578 bits per heavy atom. The van der Waals surface area contributed by atoms with Gasteiger partial charge in [0.25, 0.3) is 0 Å². The van der Waals surface area contributed by atoms with Crippen molar-refractivity contribution in [3.05, 3.63) is 0 Å². The van der Waals surface area contributed by atoms with Crippen LogP contribution in [0.1, 0.15) is 251 Å². The van der Waals surface area contributed by atoms with Gasteiger partial charge in [0, 0.05) is 6.42 Å². The van der Waals surface area contributed by atoms with E-state index in [1.54, 1.807) is 0 Å². The van der Waals surface area contributed by atoms with Gasteiger partial charge in [-0.1, -0.05) is 232 Å². The quantitative estimate of drug-likeness (QED) is 0.0224. The van der Waals surface area contributed by atoms with Crippen molar-refractivity contribution in [2.24, 2.45) is 0 Å². The van der Waals surface area contributed by atoms with Crippen LogP contribution in [-0.4, -0.2) is 107 Å². The molecule has 14 heteroatoms. The summed E-state index contributed by atoms with van der Waals surface area (Å²) in [6.07, 6.45) is 32.7. The van der Waals surface area contributed by atoms with E-state index in [4.69, 9.17) is 14.0 Å². The third-order valence-corrected chi connectivity index (χ3v) is 13.5. The molecular formula is C50H99NO12S. The molecule has 64 heavy (non-hydrogen) atoms. The van der Waals surface area contributed by atoms with Crippen LogP contribution < -0.4 is 5.32 Å². The van der Waals surface area contributed by atoms with Crippen LogP contribution in [0.3, 0.4) is 0 Å². The maximum atomic E-state index is 13.1. The molecule has 382 valence electrons. The van der Waals surface area contributed by atoms with Crippen molar-refractivity contribution < 1.29 is 57.0 Å². The number of carbonyl (C=O) groups is 1. The molecule has 1 aliphatic rings. The lowest BCUT2D eigenvalue weighted by Crippen LogP contribution is -2.61. The molecule has 13 nitrogen and oxygen atoms in total. The Morgan fingerprint density at radius 2 is 0.938 bits per heavy atom. The van der Waals surface area contributed by atoms with Crippen molar-refractivity contribution in [1.29, 1.82) is 0 Å². The maximum absolute atomic E-state index is 13.1. The average Bonchev–Trinajstić information content (AvgIpc) is 3.27. The van der Waals surface area contributed by atoms with E-state index < -0.39 is 72.6 Å². The first kappa shape index (κ1) is 61.1. The number of unbranched alkanes of at least 4 members (excludes halogenated alkanes) is 33. The topological polar surface area (TPSA) is 212 Å². The maximum Gasteiger partial charge on any atom is 0.397 e. The van der Waals surface area contributed by atoms with Crippen LogP contribution >= 0.6 is 0 Å². The van der Waals surface area contributed by atoms with Gasteiger partial charge in [-0.25, -0.2) is 4.18 Å². The molecule has 0 bridgehead atoms. The Bertz CT molecular complexity index is 1160. The third kappa shape index (κ3) is 32.7. The number of amides is 1. The molecule has 1 fully saturated rings. The third-order valence-electron chi connectivity index (χ3n) is 13.0. The first-order valence-electron chi connectivity index (χ1n) is 26.5. The monoisotopic (exact) mass is 938 g/mol. The summed E-state index contributed by atoms with van der Waals surface area (Å²) in [6, 6.07) is -1.10. The number of carbonyl (C=O) groups excluding carboxylic acids is 1. The first-order chi connectivity index (χ1) is 30.9. The van der Waals surface area contributed by atoms with E-state index in [2.05, 4.69) is 23.3 Å². The summed E-state index contributed by atoms with van der Waals surface area (Å²) in [7, 11) is -5.06. The van der Waals surface area contributed by atoms with Crippen LogP contribution in [-0.2, 0) is 28.9 Å². The lowest BCUT2D eigenvalue weighted by Gasteiger charge is -2.41. The molecule has 0 aliphatic carbocycles. The molecule has 0 spiro atoms. The van der Waals surface area contributed by atoms with E-state index >= 15 is 0 Å². The molecule has 8 atom stereocenters. The second kappa shape index (κ2) is 41.1. The van der Waals surface area contributed by atoms with Gasteiger partial charge in [0.1, 0.15) is 30.5 Å². The van der Waals surface area contributed by atoms with Crippen molar-refractivity contribution >= 4 is 16.3 Å². The fourth-order valence-electron chi connectivity index (χ4n) is 8.86. The molecule has 0 aromatic carbocycles. The van der Waals surface area contributed by atoms with Gasteiger partial charge in [-0.05, 0) is 12.8 Å². The number of aliphatic hydroxyl groups excluding tert-OH is 5. The van der Waals surface area contributed by atoms with Crippen molar-refractivity contribution in [2.75, 3.05) is 13.2 Å². The minimum absolute atomic E-state index is 0.222. The summed E-state index contributed by atoms with van der Waals surface area (Å²) >= 11 is 0. The molecule has 0 radical (unpaired) electrons. The number of hydrogen-bond acceptors (Lipinski definition) is 11. The van der Waals surface area contributed by atoms with Gasteiger partial charge in [-0.15, -0.1) is 0 Å². The van der Waals surface area contributed by atoms with E-state index in [0.717, 1.165) is 38.5 Å². The molecule has 0 saturated carbocycles. The Kier molecular flexibility index (Phi) is 39.2. The van der Waals surface area contributed by atoms with E-state index in [0.29, 0.717) is 19.3 Å². The van der Waals surface area contributed by atoms with Gasteiger partial charge in [0.2, 0.25) is 5.91 Å². The zero-order valence-corrected chi connectivity index (χ0v) is 41.6. The van der Waals surface area contributed by atoms with Gasteiger partial charge >= 0.3 is 10.4 Å². The first-order valence-corrected chi connectivity index (χ1v) is 27.9. The summed E-state index contributed by atoms with van der Waals surface area (Å²) in [5.74, 6) is -0.325. The Balaban J connectivity index is 2.39. The minimum Gasteiger partial charge on any atom is -0.394 e. The fourth-order valence-corrected chi connectivity index (χ4v) is 9.38. The van der Waals surface area contributed by atoms with Crippen LogP contribution in [0.2, 0.25) is 0 Å². The summed E-state index contributed by atoms with van der Waals surface area (Å²) in [4.78, 5) is 13.1. The van der Waals surface area contributed by atoms with E-state index in [1.807, 2.05) is 0 Å². The highest BCUT2D eigenvalue weighted by molar-refractivity contribution is 7.80. The smallest absolute Gasteiger partial charge is 0.394 e. The summed E-state index contributed by atoms with van der Waals surface area (Å²) in [5, 5.41) is 55.9. The number of rotatable bonds is 46. The van der Waals surface area contributed by atoms with E-state index in [-0.39, 0.29) is 12.3 Å². The van der Waals surface area contributed by atoms with Crippen molar-refractivity contribution in [3.8, 4) is 0 Å². The average molecular weight is 938 g/mol. The van der Waals surface area contributed by atoms with E-state index in [1.165, 1.54) is 173 Å². The highest BCUT2D eigenvalue weighted by atomic mass is 32.3. The molecule has 7 N–H and O–H groups in total. The van der Waals surface area contributed by atoms with Crippen LogP contribution in [0.4, 0.5) is 0 Å². The van der Waals surface area contributed by atoms with Crippen LogP contribution in [0.15, 0.2) is 0 Å². The van der Waals surface area contributed by atoms with E-state index in [9.17, 15) is 38.7 Å². The van der Waals surface area contributed by atoms with Gasteiger partial charge in [-0.2, -0.15) is 8.42 Å². The molecule has 1 saturated heterocycles. The van der Waals surface area contributed by atoms with Crippen LogP contribution in [0.25, 0.3) is 0 Å². The fraction of sp³-hybridized carbons (Fsp3) is 0.980. The molecule has 1 amide bonds. The molecule has 1 rings (SSSR count). The Labute approximate surface area is 390 Å². The van der Waals surface area contributed by atoms with Crippen molar-refractivity contribution in [1.82, 2.24) is 5.32 Å². The van der Waals surface area contributed by atoms with Gasteiger partial charge in [-0.3, -0.25) is 9.35 Å². The van der Waals surface area contributed by atoms with Gasteiger partial charge < -0.3 is 40.3 Å². The van der Waals surface area contributed by atoms with Crippen LogP contribution in [0, 0.1) is 0 Å². The SMILES string of the molecule is CCCCCCCCCCCCCCCCCCCCCCCCCC(=O)N[C@@H](CO[C@H]1O[C@H](CO)[C@H](OS(=O)(=O)O)[C@H](O)[C@H]1O)[C@H](O)[C@H](O)CCCCCCCCCCCCCC. The molecular weight excluding hydrogens is 839 g/mol. The Morgan fingerprint density at radius 3 is 1.30 bits per heavy atom. The van der Waals surface area contributed by atoms with Crippen LogP contribution in [0.5, 0.6) is 0 Å². The predicted octanol–water partition coefficient (Wildman–Crippen LogP) is 10.3. The highest BCUT2D eigenvalue weighted by Crippen LogP contribution is 2.26. The predicted molar refractivity (Wildman–Crippen MR) is 256 cm³/mol. The normalized spacial score (nSPS) is 20.7. The summed E-state index contributed by atoms with van der Waals surface area (Å²) < 4.78 is 47.3. The molecule has 1 heterocycles.